The van der Waals surface area contributed by atoms with Crippen molar-refractivity contribution in [3.63, 3.8) is 0 Å². The van der Waals surface area contributed by atoms with Crippen LogP contribution in [0.5, 0.6) is 0 Å². The van der Waals surface area contributed by atoms with Gasteiger partial charge in [0.15, 0.2) is 0 Å². The Hall–Kier alpha value is -1.58. The minimum atomic E-state index is -0.748. The molecule has 1 rings (SSSR count). The van der Waals surface area contributed by atoms with Crippen LogP contribution in [0.15, 0.2) is 24.4 Å². The van der Waals surface area contributed by atoms with Crippen molar-refractivity contribution in [1.82, 2.24) is 4.98 Å². The van der Waals surface area contributed by atoms with E-state index in [4.69, 9.17) is 10.5 Å². The summed E-state index contributed by atoms with van der Waals surface area (Å²) in [5.41, 5.74) is 5.92. The van der Waals surface area contributed by atoms with Crippen molar-refractivity contribution in [3.8, 4) is 0 Å². The maximum Gasteiger partial charge on any atom is 0.404 e. The number of primary amides is 1. The lowest BCUT2D eigenvalue weighted by Crippen LogP contribution is -2.33. The number of nitrogens with two attached hydrogens (primary N) is 1. The van der Waals surface area contributed by atoms with E-state index >= 15 is 0 Å². The molecule has 1 aromatic heterocycles. The smallest absolute Gasteiger partial charge is 0.404 e. The highest BCUT2D eigenvalue weighted by Crippen LogP contribution is 2.37. The molecular weight excluding hydrogens is 216 g/mol. The van der Waals surface area contributed by atoms with Gasteiger partial charge < -0.3 is 10.5 Å². The lowest BCUT2D eigenvalue weighted by atomic mass is 9.75. The second-order valence-electron chi connectivity index (χ2n) is 5.24. The van der Waals surface area contributed by atoms with E-state index in [1.165, 1.54) is 0 Å². The van der Waals surface area contributed by atoms with Crippen LogP contribution in [0, 0.1) is 5.41 Å². The molecule has 0 saturated carbocycles. The molecule has 0 aliphatic rings. The zero-order chi connectivity index (χ0) is 13.1. The van der Waals surface area contributed by atoms with Gasteiger partial charge in [0, 0.05) is 17.8 Å². The summed E-state index contributed by atoms with van der Waals surface area (Å²) >= 11 is 0. The number of carbonyl (C=O) groups excluding carboxylic acids is 1. The van der Waals surface area contributed by atoms with E-state index in [0.717, 1.165) is 5.69 Å². The van der Waals surface area contributed by atoms with Crippen molar-refractivity contribution in [3.05, 3.63) is 30.1 Å². The van der Waals surface area contributed by atoms with Gasteiger partial charge in [0.05, 0.1) is 0 Å². The Morgan fingerprint density at radius 1 is 1.41 bits per heavy atom. The highest BCUT2D eigenvalue weighted by Gasteiger charge is 2.34. The quantitative estimate of drug-likeness (QED) is 0.877. The van der Waals surface area contributed by atoms with Gasteiger partial charge in [0.1, 0.15) is 6.10 Å². The molecule has 0 spiro atoms. The lowest BCUT2D eigenvalue weighted by Gasteiger charge is -2.34. The van der Waals surface area contributed by atoms with Crippen LogP contribution >= 0.6 is 0 Å². The molecule has 1 amide bonds. The largest absolute Gasteiger partial charge is 0.446 e. The normalized spacial score (nSPS) is 15.1. The van der Waals surface area contributed by atoms with Gasteiger partial charge in [-0.25, -0.2) is 4.79 Å². The molecule has 2 atom stereocenters. The maximum absolute atomic E-state index is 10.9. The molecule has 0 aliphatic heterocycles. The summed E-state index contributed by atoms with van der Waals surface area (Å²) in [7, 11) is 0. The minimum absolute atomic E-state index is 0.0104. The fourth-order valence-corrected chi connectivity index (χ4v) is 2.20. The van der Waals surface area contributed by atoms with E-state index in [9.17, 15) is 4.79 Å². The Bertz CT molecular complexity index is 371. The van der Waals surface area contributed by atoms with Crippen molar-refractivity contribution in [2.24, 2.45) is 11.1 Å². The second kappa shape index (κ2) is 5.17. The van der Waals surface area contributed by atoms with Gasteiger partial charge in [-0.3, -0.25) is 4.98 Å². The molecule has 17 heavy (non-hydrogen) atoms. The number of hydrogen-bond donors (Lipinski definition) is 1. The Morgan fingerprint density at radius 3 is 2.47 bits per heavy atom. The molecule has 1 heterocycles. The van der Waals surface area contributed by atoms with Crippen LogP contribution in [0.25, 0.3) is 0 Å². The van der Waals surface area contributed by atoms with Crippen LogP contribution in [-0.2, 0) is 4.74 Å². The Kier molecular flexibility index (Phi) is 4.10. The predicted octanol–water partition coefficient (Wildman–Crippen LogP) is 2.70. The zero-order valence-corrected chi connectivity index (χ0v) is 10.8. The topological polar surface area (TPSA) is 65.2 Å². The van der Waals surface area contributed by atoms with Crippen LogP contribution in [-0.4, -0.2) is 17.2 Å². The highest BCUT2D eigenvalue weighted by molar-refractivity contribution is 5.64. The SMILES string of the molecule is CC(OC(N)=O)C(c1ccccn1)C(C)(C)C. The molecule has 0 saturated heterocycles. The van der Waals surface area contributed by atoms with Crippen LogP contribution in [0.3, 0.4) is 0 Å². The lowest BCUT2D eigenvalue weighted by molar-refractivity contribution is 0.0685. The summed E-state index contributed by atoms with van der Waals surface area (Å²) in [5, 5.41) is 0. The highest BCUT2D eigenvalue weighted by atomic mass is 16.6. The van der Waals surface area contributed by atoms with Crippen molar-refractivity contribution < 1.29 is 9.53 Å². The van der Waals surface area contributed by atoms with E-state index < -0.39 is 6.09 Å². The molecule has 4 heteroatoms. The summed E-state index contributed by atoms with van der Waals surface area (Å²) < 4.78 is 5.09. The predicted molar refractivity (Wildman–Crippen MR) is 66.6 cm³/mol. The van der Waals surface area contributed by atoms with Crippen LogP contribution in [0.1, 0.15) is 39.3 Å². The third kappa shape index (κ3) is 3.73. The monoisotopic (exact) mass is 236 g/mol. The fraction of sp³-hybridized carbons (Fsp3) is 0.538. The molecule has 2 unspecified atom stereocenters. The molecule has 1 aromatic rings. The number of hydrogen-bond acceptors (Lipinski definition) is 3. The molecule has 0 fully saturated rings. The van der Waals surface area contributed by atoms with Gasteiger partial charge in [0.2, 0.25) is 0 Å². The average Bonchev–Trinajstić information content (AvgIpc) is 2.15. The molecule has 2 N–H and O–H groups in total. The second-order valence-corrected chi connectivity index (χ2v) is 5.24. The molecule has 94 valence electrons. The minimum Gasteiger partial charge on any atom is -0.446 e. The van der Waals surface area contributed by atoms with Crippen LogP contribution < -0.4 is 5.73 Å². The number of amides is 1. The first-order valence-electron chi connectivity index (χ1n) is 5.69. The van der Waals surface area contributed by atoms with Gasteiger partial charge in [-0.05, 0) is 24.5 Å². The van der Waals surface area contributed by atoms with E-state index in [2.05, 4.69) is 25.8 Å². The third-order valence-electron chi connectivity index (χ3n) is 2.71. The van der Waals surface area contributed by atoms with Crippen molar-refractivity contribution >= 4 is 6.09 Å². The van der Waals surface area contributed by atoms with Crippen LogP contribution in [0.2, 0.25) is 0 Å². The Morgan fingerprint density at radius 2 is 2.06 bits per heavy atom. The van der Waals surface area contributed by atoms with Crippen molar-refractivity contribution in [2.75, 3.05) is 0 Å². The zero-order valence-electron chi connectivity index (χ0n) is 10.8. The summed E-state index contributed by atoms with van der Waals surface area (Å²) in [6, 6.07) is 5.73. The average molecular weight is 236 g/mol. The van der Waals surface area contributed by atoms with E-state index in [-0.39, 0.29) is 17.4 Å². The number of aromatic nitrogens is 1. The van der Waals surface area contributed by atoms with Crippen molar-refractivity contribution in [1.29, 1.82) is 0 Å². The van der Waals surface area contributed by atoms with E-state index in [0.29, 0.717) is 0 Å². The van der Waals surface area contributed by atoms with Gasteiger partial charge in [-0.2, -0.15) is 0 Å². The number of ether oxygens (including phenoxy) is 1. The van der Waals surface area contributed by atoms with Crippen LogP contribution in [0.4, 0.5) is 4.79 Å². The molecule has 0 radical (unpaired) electrons. The summed E-state index contributed by atoms with van der Waals surface area (Å²) in [5.74, 6) is 0.0104. The molecule has 0 bridgehead atoms. The van der Waals surface area contributed by atoms with Gasteiger partial charge in [-0.1, -0.05) is 26.8 Å². The number of carbonyl (C=O) groups is 1. The third-order valence-corrected chi connectivity index (χ3v) is 2.71. The summed E-state index contributed by atoms with van der Waals surface area (Å²) in [4.78, 5) is 15.2. The number of pyridine rings is 1. The first-order valence-corrected chi connectivity index (χ1v) is 5.69. The Balaban J connectivity index is 3.01. The summed E-state index contributed by atoms with van der Waals surface area (Å²) in [6.07, 6.45) is 0.690. The van der Waals surface area contributed by atoms with Gasteiger partial charge >= 0.3 is 6.09 Å². The molecular formula is C13H20N2O2. The number of nitrogens with zero attached hydrogens (tertiary/aromatic N) is 1. The van der Waals surface area contributed by atoms with Crippen molar-refractivity contribution in [2.45, 2.75) is 39.7 Å². The molecule has 0 aromatic carbocycles. The first-order chi connectivity index (χ1) is 7.82. The standard InChI is InChI=1S/C13H20N2O2/c1-9(17-12(14)16)11(13(2,3)4)10-7-5-6-8-15-10/h5-9,11H,1-4H3,(H2,14,16). The Labute approximate surface area is 102 Å². The number of rotatable bonds is 3. The molecule has 4 nitrogen and oxygen atoms in total. The van der Waals surface area contributed by atoms with Gasteiger partial charge in [0.25, 0.3) is 0 Å². The van der Waals surface area contributed by atoms with E-state index in [1.54, 1.807) is 6.20 Å². The van der Waals surface area contributed by atoms with Gasteiger partial charge in [-0.15, -0.1) is 0 Å². The molecule has 0 aliphatic carbocycles. The summed E-state index contributed by atoms with van der Waals surface area (Å²) in [6.45, 7) is 8.11. The fourth-order valence-electron chi connectivity index (χ4n) is 2.20. The maximum atomic E-state index is 10.9. The van der Waals surface area contributed by atoms with E-state index in [1.807, 2.05) is 25.1 Å². The first kappa shape index (κ1) is 13.5.